The number of carbonyl (C=O) groups excluding carboxylic acids is 1. The lowest BCUT2D eigenvalue weighted by molar-refractivity contribution is -0.128. The Labute approximate surface area is 159 Å². The molecule has 3 nitrogen and oxygen atoms in total. The number of aryl methyl sites for hydroxylation is 1. The summed E-state index contributed by atoms with van der Waals surface area (Å²) >= 11 is 7.77. The van der Waals surface area contributed by atoms with Gasteiger partial charge >= 0.3 is 0 Å². The van der Waals surface area contributed by atoms with Crippen molar-refractivity contribution in [2.45, 2.75) is 12.7 Å². The minimum absolute atomic E-state index is 0.240. The largest absolute Gasteiger partial charge is 0.368 e. The summed E-state index contributed by atoms with van der Waals surface area (Å²) in [5, 5.41) is 0.753. The van der Waals surface area contributed by atoms with Gasteiger partial charge in [-0.3, -0.25) is 4.79 Å². The fourth-order valence-corrected chi connectivity index (χ4v) is 4.19. The van der Waals surface area contributed by atoms with Gasteiger partial charge in [-0.15, -0.1) is 11.8 Å². The summed E-state index contributed by atoms with van der Waals surface area (Å²) in [4.78, 5) is 16.7. The van der Waals surface area contributed by atoms with Gasteiger partial charge in [-0.25, -0.2) is 0 Å². The van der Waals surface area contributed by atoms with Crippen LogP contribution in [0.2, 0.25) is 5.02 Å². The molecule has 1 aliphatic rings. The summed E-state index contributed by atoms with van der Waals surface area (Å²) < 4.78 is 0. The van der Waals surface area contributed by atoms with E-state index in [0.29, 0.717) is 5.75 Å². The van der Waals surface area contributed by atoms with Crippen molar-refractivity contribution in [3.8, 4) is 0 Å². The summed E-state index contributed by atoms with van der Waals surface area (Å²) in [6.45, 7) is 5.38. The molecular formula is C20H23ClN2OS. The van der Waals surface area contributed by atoms with Crippen molar-refractivity contribution in [1.82, 2.24) is 4.90 Å². The van der Waals surface area contributed by atoms with Crippen LogP contribution in [0.15, 0.2) is 48.5 Å². The van der Waals surface area contributed by atoms with Gasteiger partial charge in [-0.05, 0) is 36.2 Å². The highest BCUT2D eigenvalue weighted by atomic mass is 35.5. The lowest BCUT2D eigenvalue weighted by Gasteiger charge is -2.36. The van der Waals surface area contributed by atoms with Crippen LogP contribution < -0.4 is 4.90 Å². The van der Waals surface area contributed by atoms with Crippen molar-refractivity contribution < 1.29 is 4.79 Å². The van der Waals surface area contributed by atoms with E-state index in [9.17, 15) is 4.79 Å². The lowest BCUT2D eigenvalue weighted by Crippen LogP contribution is -2.49. The molecule has 0 unspecified atom stereocenters. The molecule has 0 spiro atoms. The first-order chi connectivity index (χ1) is 12.1. The van der Waals surface area contributed by atoms with Crippen LogP contribution >= 0.6 is 23.4 Å². The number of hydrogen-bond acceptors (Lipinski definition) is 3. The number of carbonyl (C=O) groups is 1. The molecule has 0 saturated carbocycles. The Morgan fingerprint density at radius 3 is 2.56 bits per heavy atom. The third-order valence-electron chi connectivity index (χ3n) is 4.55. The molecule has 25 heavy (non-hydrogen) atoms. The van der Waals surface area contributed by atoms with E-state index in [1.165, 1.54) is 11.1 Å². The van der Waals surface area contributed by atoms with Crippen molar-refractivity contribution in [3.63, 3.8) is 0 Å². The second-order valence-electron chi connectivity index (χ2n) is 6.27. The quantitative estimate of drug-likeness (QED) is 0.782. The van der Waals surface area contributed by atoms with Gasteiger partial charge in [0.2, 0.25) is 5.91 Å². The smallest absolute Gasteiger partial charge is 0.232 e. The van der Waals surface area contributed by atoms with Crippen LogP contribution in [0.25, 0.3) is 0 Å². The van der Waals surface area contributed by atoms with Crippen LogP contribution in [0, 0.1) is 6.92 Å². The maximum Gasteiger partial charge on any atom is 0.232 e. The van der Waals surface area contributed by atoms with Gasteiger partial charge in [0.25, 0.3) is 0 Å². The third-order valence-corrected chi connectivity index (χ3v) is 5.75. The monoisotopic (exact) mass is 374 g/mol. The summed E-state index contributed by atoms with van der Waals surface area (Å²) in [7, 11) is 0. The second kappa shape index (κ2) is 8.63. The summed E-state index contributed by atoms with van der Waals surface area (Å²) in [6, 6.07) is 16.3. The normalized spacial score (nSPS) is 14.6. The van der Waals surface area contributed by atoms with Crippen LogP contribution in [0.4, 0.5) is 5.69 Å². The number of amides is 1. The Bertz CT molecular complexity index is 729. The van der Waals surface area contributed by atoms with Crippen LogP contribution in [0.1, 0.15) is 11.1 Å². The van der Waals surface area contributed by atoms with Gasteiger partial charge in [-0.2, -0.15) is 0 Å². The zero-order chi connectivity index (χ0) is 17.6. The first kappa shape index (κ1) is 18.2. The Morgan fingerprint density at radius 1 is 1.08 bits per heavy atom. The van der Waals surface area contributed by atoms with E-state index >= 15 is 0 Å². The zero-order valence-electron chi connectivity index (χ0n) is 14.5. The van der Waals surface area contributed by atoms with Gasteiger partial charge in [0.1, 0.15) is 0 Å². The lowest BCUT2D eigenvalue weighted by atomic mass is 10.1. The number of hydrogen-bond donors (Lipinski definition) is 0. The number of anilines is 1. The molecule has 0 N–H and O–H groups in total. The van der Waals surface area contributed by atoms with Gasteiger partial charge in [0, 0.05) is 42.6 Å². The van der Waals surface area contributed by atoms with Gasteiger partial charge in [-0.1, -0.05) is 41.9 Å². The van der Waals surface area contributed by atoms with Crippen LogP contribution in [0.3, 0.4) is 0 Å². The molecule has 2 aromatic carbocycles. The third kappa shape index (κ3) is 4.93. The predicted octanol–water partition coefficient (Wildman–Crippen LogP) is 4.23. The molecule has 5 heteroatoms. The SMILES string of the molecule is Cc1ccccc1CSCC(=O)N1CCN(c2cccc(Cl)c2)CC1. The Morgan fingerprint density at radius 2 is 1.84 bits per heavy atom. The van der Waals surface area contributed by atoms with Crippen LogP contribution in [-0.2, 0) is 10.5 Å². The molecule has 0 bridgehead atoms. The predicted molar refractivity (Wildman–Crippen MR) is 108 cm³/mol. The highest BCUT2D eigenvalue weighted by Crippen LogP contribution is 2.21. The van der Waals surface area contributed by atoms with Gasteiger partial charge < -0.3 is 9.80 Å². The number of piperazine rings is 1. The summed E-state index contributed by atoms with van der Waals surface area (Å²) in [6.07, 6.45) is 0. The first-order valence-electron chi connectivity index (χ1n) is 8.54. The number of thioether (sulfide) groups is 1. The number of rotatable bonds is 5. The molecule has 0 aliphatic carbocycles. The van der Waals surface area contributed by atoms with Crippen molar-refractivity contribution >= 4 is 35.0 Å². The minimum atomic E-state index is 0.240. The van der Waals surface area contributed by atoms with Gasteiger partial charge in [0.15, 0.2) is 0 Å². The molecule has 2 aromatic rings. The van der Waals surface area contributed by atoms with Crippen molar-refractivity contribution in [1.29, 1.82) is 0 Å². The highest BCUT2D eigenvalue weighted by Gasteiger charge is 2.21. The molecule has 132 valence electrons. The summed E-state index contributed by atoms with van der Waals surface area (Å²) in [5.41, 5.74) is 3.73. The Kier molecular flexibility index (Phi) is 6.27. The van der Waals surface area contributed by atoms with E-state index in [0.717, 1.165) is 42.6 Å². The Hall–Kier alpha value is -1.65. The van der Waals surface area contributed by atoms with E-state index in [1.54, 1.807) is 11.8 Å². The zero-order valence-corrected chi connectivity index (χ0v) is 16.0. The Balaban J connectivity index is 1.45. The van der Waals surface area contributed by atoms with E-state index in [1.807, 2.05) is 29.2 Å². The fourth-order valence-electron chi connectivity index (χ4n) is 3.00. The van der Waals surface area contributed by atoms with Crippen LogP contribution in [-0.4, -0.2) is 42.7 Å². The van der Waals surface area contributed by atoms with Gasteiger partial charge in [0.05, 0.1) is 5.75 Å². The fraction of sp³-hybridized carbons (Fsp3) is 0.350. The standard InChI is InChI=1S/C20H23ClN2OS/c1-16-5-2-3-6-17(16)14-25-15-20(24)23-11-9-22(10-12-23)19-8-4-7-18(21)13-19/h2-8,13H,9-12,14-15H2,1H3. The average molecular weight is 375 g/mol. The molecule has 1 saturated heterocycles. The van der Waals surface area contributed by atoms with Crippen molar-refractivity contribution in [2.24, 2.45) is 0 Å². The van der Waals surface area contributed by atoms with E-state index < -0.39 is 0 Å². The molecular weight excluding hydrogens is 352 g/mol. The van der Waals surface area contributed by atoms with E-state index in [2.05, 4.69) is 36.1 Å². The molecule has 1 amide bonds. The van der Waals surface area contributed by atoms with Crippen molar-refractivity contribution in [2.75, 3.05) is 36.8 Å². The number of benzene rings is 2. The first-order valence-corrected chi connectivity index (χ1v) is 10.1. The van der Waals surface area contributed by atoms with E-state index in [-0.39, 0.29) is 5.91 Å². The molecule has 0 atom stereocenters. The minimum Gasteiger partial charge on any atom is -0.368 e. The molecule has 0 radical (unpaired) electrons. The maximum atomic E-state index is 12.4. The van der Waals surface area contributed by atoms with Crippen molar-refractivity contribution in [3.05, 3.63) is 64.7 Å². The highest BCUT2D eigenvalue weighted by molar-refractivity contribution is 7.99. The number of halogens is 1. The second-order valence-corrected chi connectivity index (χ2v) is 7.69. The maximum absolute atomic E-state index is 12.4. The molecule has 0 aromatic heterocycles. The molecule has 1 fully saturated rings. The summed E-state index contributed by atoms with van der Waals surface area (Å²) in [5.74, 6) is 1.68. The van der Waals surface area contributed by atoms with E-state index in [4.69, 9.17) is 11.6 Å². The number of nitrogens with zero attached hydrogens (tertiary/aromatic N) is 2. The molecule has 3 rings (SSSR count). The average Bonchev–Trinajstić information content (AvgIpc) is 2.63. The molecule has 1 aliphatic heterocycles. The molecule has 1 heterocycles. The van der Waals surface area contributed by atoms with Crippen LogP contribution in [0.5, 0.6) is 0 Å². The topological polar surface area (TPSA) is 23.6 Å².